The molecule has 0 N–H and O–H groups in total. The number of thiophene rings is 4. The number of hydrogen-bond donors (Lipinski definition) is 0. The van der Waals surface area contributed by atoms with Gasteiger partial charge in [0, 0.05) is 47.2 Å². The molecule has 4 heterocycles. The Morgan fingerprint density at radius 2 is 1.41 bits per heavy atom. The Hall–Kier alpha value is -0.840. The van der Waals surface area contributed by atoms with Crippen molar-refractivity contribution in [2.45, 2.75) is 67.2 Å². The van der Waals surface area contributed by atoms with Crippen molar-refractivity contribution in [1.82, 2.24) is 0 Å². The lowest BCUT2D eigenvalue weighted by Gasteiger charge is -2.10. The number of benzene rings is 1. The van der Waals surface area contributed by atoms with Crippen molar-refractivity contribution in [2.24, 2.45) is 0 Å². The first-order valence-corrected chi connectivity index (χ1v) is 21.8. The molecule has 0 aliphatic heterocycles. The number of hydrogen-bond acceptors (Lipinski definition) is 4. The van der Waals surface area contributed by atoms with Gasteiger partial charge in [-0.25, -0.2) is 0 Å². The van der Waals surface area contributed by atoms with Crippen LogP contribution in [0.2, 0.25) is 0 Å². The van der Waals surface area contributed by atoms with Crippen molar-refractivity contribution < 1.29 is 0 Å². The van der Waals surface area contributed by atoms with Gasteiger partial charge in [-0.05, 0) is 163 Å². The molecule has 238 valence electrons. The lowest BCUT2D eigenvalue weighted by molar-refractivity contribution is 0.980. The Morgan fingerprint density at radius 1 is 0.696 bits per heavy atom. The van der Waals surface area contributed by atoms with Crippen molar-refractivity contribution in [3.8, 4) is 29.9 Å². The average Bonchev–Trinajstić information content (AvgIpc) is 3.78. The van der Waals surface area contributed by atoms with Crippen molar-refractivity contribution in [3.05, 3.63) is 104 Å². The van der Waals surface area contributed by atoms with E-state index in [2.05, 4.69) is 154 Å². The zero-order valence-corrected chi connectivity index (χ0v) is 36.2. The van der Waals surface area contributed by atoms with Gasteiger partial charge in [0.25, 0.3) is 0 Å². The highest BCUT2D eigenvalue weighted by molar-refractivity contribution is 9.15. The number of rotatable bonds is 8. The van der Waals surface area contributed by atoms with Gasteiger partial charge in [-0.15, -0.1) is 45.3 Å². The van der Waals surface area contributed by atoms with Crippen molar-refractivity contribution in [2.75, 3.05) is 0 Å². The summed E-state index contributed by atoms with van der Waals surface area (Å²) in [6, 6.07) is 13.4. The minimum atomic E-state index is 0.953. The number of aryl methyl sites for hydroxylation is 1. The molecule has 0 fully saturated rings. The molecule has 0 nitrogen and oxygen atoms in total. The number of halogens is 4. The molecule has 6 rings (SSSR count). The van der Waals surface area contributed by atoms with E-state index in [0.29, 0.717) is 0 Å². The molecule has 0 radical (unpaired) electrons. The van der Waals surface area contributed by atoms with E-state index < -0.39 is 0 Å². The quantitative estimate of drug-likeness (QED) is 0.145. The molecule has 0 spiro atoms. The van der Waals surface area contributed by atoms with Crippen LogP contribution in [0.1, 0.15) is 76.9 Å². The molecule has 4 aromatic heterocycles. The topological polar surface area (TPSA) is 0 Å². The second-order valence-electron chi connectivity index (χ2n) is 11.7. The standard InChI is InChI=1S/C38H34Br4S4/c1-7-25-21(5)33(32(42)26(8-2)35-27(39)17-29(43-35)23-13-9-19(3)10-14-23)45-36(25)34-22(6)31(41)38(46-34)37-28(40)18-30(44-37)24-15-11-20(4)12-16-24/h9,11-13,15-18H,7-8,10,14H2,1-6H3/b32-26-. The smallest absolute Gasteiger partial charge is 0.0606 e. The Bertz CT molecular complexity index is 2040. The Morgan fingerprint density at radius 3 is 2.07 bits per heavy atom. The van der Waals surface area contributed by atoms with E-state index in [1.807, 2.05) is 45.3 Å². The van der Waals surface area contributed by atoms with Gasteiger partial charge in [0.15, 0.2) is 0 Å². The fourth-order valence-corrected chi connectivity index (χ4v) is 14.9. The van der Waals surface area contributed by atoms with Crippen LogP contribution >= 0.6 is 109 Å². The second-order valence-corrected chi connectivity index (χ2v) is 19.1. The molecule has 1 aliphatic rings. The normalized spacial score (nSPS) is 14.0. The molecule has 1 aromatic carbocycles. The molecule has 8 heteroatoms. The van der Waals surface area contributed by atoms with Crippen LogP contribution in [-0.4, -0.2) is 0 Å². The lowest BCUT2D eigenvalue weighted by Crippen LogP contribution is -1.88. The summed E-state index contributed by atoms with van der Waals surface area (Å²) < 4.78 is 4.75. The fraction of sp³-hybridized carbons (Fsp3) is 0.263. The summed E-state index contributed by atoms with van der Waals surface area (Å²) in [6.07, 6.45) is 8.79. The van der Waals surface area contributed by atoms with Crippen LogP contribution in [0.15, 0.2) is 67.5 Å². The molecule has 1 aliphatic carbocycles. The molecule has 0 atom stereocenters. The summed E-state index contributed by atoms with van der Waals surface area (Å²) in [6.45, 7) is 13.5. The molecule has 5 aromatic rings. The number of allylic oxidation sites excluding steroid dienone is 5. The largest absolute Gasteiger partial charge is 0.135 e. The van der Waals surface area contributed by atoms with Crippen molar-refractivity contribution >= 4 is 125 Å². The predicted molar refractivity (Wildman–Crippen MR) is 224 cm³/mol. The van der Waals surface area contributed by atoms with Gasteiger partial charge < -0.3 is 0 Å². The van der Waals surface area contributed by atoms with E-state index in [0.717, 1.165) is 30.2 Å². The van der Waals surface area contributed by atoms with E-state index in [4.69, 9.17) is 0 Å². The molecular weight excluding hydrogens is 904 g/mol. The molecular formula is C38H34Br4S4. The van der Waals surface area contributed by atoms with E-state index in [1.54, 1.807) is 0 Å². The molecule has 0 amide bonds. The summed E-state index contributed by atoms with van der Waals surface area (Å²) in [4.78, 5) is 10.6. The van der Waals surface area contributed by atoms with Gasteiger partial charge in [-0.2, -0.15) is 0 Å². The van der Waals surface area contributed by atoms with Gasteiger partial charge in [0.1, 0.15) is 0 Å². The van der Waals surface area contributed by atoms with Crippen LogP contribution in [0.3, 0.4) is 0 Å². The lowest BCUT2D eigenvalue weighted by atomic mass is 9.98. The van der Waals surface area contributed by atoms with Crippen LogP contribution in [0, 0.1) is 20.8 Å². The minimum Gasteiger partial charge on any atom is -0.135 e. The zero-order chi connectivity index (χ0) is 32.9. The Kier molecular flexibility index (Phi) is 11.1. The van der Waals surface area contributed by atoms with E-state index >= 15 is 0 Å². The minimum absolute atomic E-state index is 0.953. The van der Waals surface area contributed by atoms with E-state index in [1.165, 1.54) is 97.0 Å². The van der Waals surface area contributed by atoms with Crippen molar-refractivity contribution in [3.63, 3.8) is 0 Å². The van der Waals surface area contributed by atoms with E-state index in [-0.39, 0.29) is 0 Å². The van der Waals surface area contributed by atoms with Gasteiger partial charge in [-0.3, -0.25) is 0 Å². The summed E-state index contributed by atoms with van der Waals surface area (Å²) >= 11 is 23.7. The average molecular weight is 939 g/mol. The molecule has 0 saturated carbocycles. The summed E-state index contributed by atoms with van der Waals surface area (Å²) in [7, 11) is 0. The summed E-state index contributed by atoms with van der Waals surface area (Å²) in [5.41, 5.74) is 10.9. The predicted octanol–water partition coefficient (Wildman–Crippen LogP) is 16.5. The highest BCUT2D eigenvalue weighted by atomic mass is 79.9. The highest BCUT2D eigenvalue weighted by Gasteiger charge is 2.26. The SMILES string of the molecule is CC/C(=C(/Br)c1sc(-c2sc(-c3sc(-c4ccc(C)cc4)cc3Br)c(Br)c2C)c(CC)c1C)c1sc(C2=CC=C(C)CC2)cc1Br. The summed E-state index contributed by atoms with van der Waals surface area (Å²) in [5.74, 6) is 0. The first-order chi connectivity index (χ1) is 22.0. The third-order valence-electron chi connectivity index (χ3n) is 8.59. The Balaban J connectivity index is 1.41. The molecule has 0 unspecified atom stereocenters. The van der Waals surface area contributed by atoms with Crippen molar-refractivity contribution in [1.29, 1.82) is 0 Å². The first kappa shape index (κ1) is 35.0. The third-order valence-corrected chi connectivity index (χ3v) is 18.2. The maximum absolute atomic E-state index is 4.15. The third kappa shape index (κ3) is 6.68. The first-order valence-electron chi connectivity index (χ1n) is 15.4. The van der Waals surface area contributed by atoms with Gasteiger partial charge in [0.05, 0.1) is 9.75 Å². The van der Waals surface area contributed by atoms with Crippen LogP contribution in [-0.2, 0) is 6.42 Å². The van der Waals surface area contributed by atoms with Crippen LogP contribution in [0.4, 0.5) is 0 Å². The summed E-state index contributed by atoms with van der Waals surface area (Å²) in [5, 5.41) is 0. The van der Waals surface area contributed by atoms with Gasteiger partial charge >= 0.3 is 0 Å². The second kappa shape index (κ2) is 14.6. The van der Waals surface area contributed by atoms with Crippen LogP contribution < -0.4 is 0 Å². The maximum Gasteiger partial charge on any atom is 0.0606 e. The molecule has 0 saturated heterocycles. The fourth-order valence-electron chi connectivity index (χ4n) is 5.84. The molecule has 0 bridgehead atoms. The van der Waals surface area contributed by atoms with Gasteiger partial charge in [0.2, 0.25) is 0 Å². The highest BCUT2D eigenvalue weighted by Crippen LogP contribution is 2.54. The van der Waals surface area contributed by atoms with Gasteiger partial charge in [-0.1, -0.05) is 61.4 Å². The van der Waals surface area contributed by atoms with E-state index in [9.17, 15) is 0 Å². The van der Waals surface area contributed by atoms with Crippen LogP contribution in [0.25, 0.3) is 45.6 Å². The maximum atomic E-state index is 4.15. The zero-order valence-electron chi connectivity index (χ0n) is 26.6. The Labute approximate surface area is 322 Å². The molecule has 46 heavy (non-hydrogen) atoms. The monoisotopic (exact) mass is 934 g/mol. The van der Waals surface area contributed by atoms with Crippen LogP contribution in [0.5, 0.6) is 0 Å².